The summed E-state index contributed by atoms with van der Waals surface area (Å²) < 4.78 is 10.2. The van der Waals surface area contributed by atoms with Crippen LogP contribution in [0.4, 0.5) is 0 Å². The van der Waals surface area contributed by atoms with E-state index >= 15 is 0 Å². The molecule has 1 rings (SSSR count). The predicted molar refractivity (Wildman–Crippen MR) is 91.0 cm³/mol. The molecule has 23 heavy (non-hydrogen) atoms. The Bertz CT molecular complexity index is 351. The van der Waals surface area contributed by atoms with Gasteiger partial charge in [-0.25, -0.2) is 0 Å². The topological polar surface area (TPSA) is 52.6 Å². The second-order valence-corrected chi connectivity index (χ2v) is 7.14. The second-order valence-electron chi connectivity index (χ2n) is 7.14. The second kappa shape index (κ2) is 11.5. The van der Waals surface area contributed by atoms with Gasteiger partial charge < -0.3 is 9.47 Å². The predicted octanol–water partition coefficient (Wildman–Crippen LogP) is 4.51. The van der Waals surface area contributed by atoms with E-state index < -0.39 is 0 Å². The molecule has 134 valence electrons. The standard InChI is InChI=1S/C19H34O4/c1-15(2)11-7-5-4-6-10-14-23-19(21)17-13-9-8-12-16(17)18(20)22-3/h15-17H,4-14H2,1-3H3. The highest BCUT2D eigenvalue weighted by molar-refractivity contribution is 5.82. The fourth-order valence-corrected chi connectivity index (χ4v) is 3.31. The molecular formula is C19H34O4. The van der Waals surface area contributed by atoms with Gasteiger partial charge in [0.2, 0.25) is 0 Å². The van der Waals surface area contributed by atoms with Gasteiger partial charge in [-0.2, -0.15) is 0 Å². The minimum absolute atomic E-state index is 0.208. The summed E-state index contributed by atoms with van der Waals surface area (Å²) in [4.78, 5) is 24.0. The van der Waals surface area contributed by atoms with Gasteiger partial charge in [-0.1, -0.05) is 58.8 Å². The third kappa shape index (κ3) is 7.85. The number of ether oxygens (including phenoxy) is 2. The Kier molecular flexibility index (Phi) is 9.97. The van der Waals surface area contributed by atoms with Gasteiger partial charge in [0, 0.05) is 0 Å². The summed E-state index contributed by atoms with van der Waals surface area (Å²) in [5.74, 6) is -0.301. The number of unbranched alkanes of at least 4 members (excludes halogenated alkanes) is 4. The zero-order valence-electron chi connectivity index (χ0n) is 15.1. The van der Waals surface area contributed by atoms with Gasteiger partial charge in [0.25, 0.3) is 0 Å². The van der Waals surface area contributed by atoms with E-state index in [0.717, 1.165) is 44.4 Å². The fourth-order valence-electron chi connectivity index (χ4n) is 3.31. The van der Waals surface area contributed by atoms with Gasteiger partial charge in [0.15, 0.2) is 0 Å². The lowest BCUT2D eigenvalue weighted by Gasteiger charge is -2.27. The molecule has 0 aromatic heterocycles. The molecular weight excluding hydrogens is 292 g/mol. The highest BCUT2D eigenvalue weighted by Crippen LogP contribution is 2.32. The van der Waals surface area contributed by atoms with E-state index in [1.807, 2.05) is 0 Å². The van der Waals surface area contributed by atoms with Crippen LogP contribution in [-0.4, -0.2) is 25.7 Å². The van der Waals surface area contributed by atoms with Gasteiger partial charge in [0.05, 0.1) is 25.6 Å². The van der Waals surface area contributed by atoms with Crippen molar-refractivity contribution in [3.63, 3.8) is 0 Å². The average molecular weight is 326 g/mol. The third-order valence-electron chi connectivity index (χ3n) is 4.74. The SMILES string of the molecule is COC(=O)C1CCCCC1C(=O)OCCCCCCCC(C)C. The highest BCUT2D eigenvalue weighted by Gasteiger charge is 2.37. The van der Waals surface area contributed by atoms with Crippen LogP contribution in [0.15, 0.2) is 0 Å². The van der Waals surface area contributed by atoms with Crippen LogP contribution >= 0.6 is 0 Å². The average Bonchev–Trinajstić information content (AvgIpc) is 2.56. The molecule has 0 saturated heterocycles. The fraction of sp³-hybridized carbons (Fsp3) is 0.895. The van der Waals surface area contributed by atoms with E-state index in [4.69, 9.17) is 9.47 Å². The number of methoxy groups -OCH3 is 1. The normalized spacial score (nSPS) is 21.2. The molecule has 4 heteroatoms. The first-order valence-corrected chi connectivity index (χ1v) is 9.30. The minimum atomic E-state index is -0.308. The molecule has 0 bridgehead atoms. The first-order chi connectivity index (χ1) is 11.1. The van der Waals surface area contributed by atoms with Gasteiger partial charge in [-0.3, -0.25) is 9.59 Å². The van der Waals surface area contributed by atoms with E-state index in [9.17, 15) is 9.59 Å². The number of hydrogen-bond acceptors (Lipinski definition) is 4. The molecule has 1 fully saturated rings. The molecule has 0 radical (unpaired) electrons. The maximum Gasteiger partial charge on any atom is 0.309 e. The molecule has 0 heterocycles. The van der Waals surface area contributed by atoms with Crippen molar-refractivity contribution in [2.75, 3.05) is 13.7 Å². The number of esters is 2. The van der Waals surface area contributed by atoms with Crippen LogP contribution in [0.25, 0.3) is 0 Å². The molecule has 0 amide bonds. The van der Waals surface area contributed by atoms with E-state index in [-0.39, 0.29) is 23.8 Å². The molecule has 0 aromatic rings. The highest BCUT2D eigenvalue weighted by atomic mass is 16.5. The summed E-state index contributed by atoms with van der Waals surface area (Å²) in [5, 5.41) is 0. The van der Waals surface area contributed by atoms with Gasteiger partial charge >= 0.3 is 11.9 Å². The molecule has 2 unspecified atom stereocenters. The van der Waals surface area contributed by atoms with E-state index in [2.05, 4.69) is 13.8 Å². The lowest BCUT2D eigenvalue weighted by Crippen LogP contribution is -2.34. The van der Waals surface area contributed by atoms with Crippen LogP contribution in [0.1, 0.15) is 78.1 Å². The molecule has 0 N–H and O–H groups in total. The lowest BCUT2D eigenvalue weighted by atomic mass is 9.79. The van der Waals surface area contributed by atoms with Gasteiger partial charge in [-0.05, 0) is 25.2 Å². The molecule has 1 saturated carbocycles. The summed E-state index contributed by atoms with van der Waals surface area (Å²) >= 11 is 0. The summed E-state index contributed by atoms with van der Waals surface area (Å²) in [6.07, 6.45) is 10.5. The number of rotatable bonds is 10. The molecule has 1 aliphatic carbocycles. The van der Waals surface area contributed by atoms with E-state index in [1.54, 1.807) is 0 Å². The van der Waals surface area contributed by atoms with Crippen molar-refractivity contribution >= 4 is 11.9 Å². The first kappa shape index (κ1) is 20.0. The summed E-state index contributed by atoms with van der Waals surface area (Å²) in [7, 11) is 1.39. The van der Waals surface area contributed by atoms with Crippen molar-refractivity contribution < 1.29 is 19.1 Å². The van der Waals surface area contributed by atoms with Crippen molar-refractivity contribution in [2.24, 2.45) is 17.8 Å². The first-order valence-electron chi connectivity index (χ1n) is 9.30. The van der Waals surface area contributed by atoms with Crippen LogP contribution in [0.2, 0.25) is 0 Å². The minimum Gasteiger partial charge on any atom is -0.469 e. The molecule has 0 aliphatic heterocycles. The van der Waals surface area contributed by atoms with Crippen LogP contribution in [-0.2, 0) is 19.1 Å². The molecule has 1 aliphatic rings. The third-order valence-corrected chi connectivity index (χ3v) is 4.74. The lowest BCUT2D eigenvalue weighted by molar-refractivity contribution is -0.161. The van der Waals surface area contributed by atoms with Crippen molar-refractivity contribution in [3.05, 3.63) is 0 Å². The van der Waals surface area contributed by atoms with E-state index in [1.165, 1.54) is 32.8 Å². The van der Waals surface area contributed by atoms with Crippen LogP contribution in [0.5, 0.6) is 0 Å². The van der Waals surface area contributed by atoms with Crippen molar-refractivity contribution in [1.82, 2.24) is 0 Å². The maximum atomic E-state index is 12.2. The van der Waals surface area contributed by atoms with Gasteiger partial charge in [-0.15, -0.1) is 0 Å². The molecule has 4 nitrogen and oxygen atoms in total. The molecule has 0 spiro atoms. The zero-order valence-corrected chi connectivity index (χ0v) is 15.1. The smallest absolute Gasteiger partial charge is 0.309 e. The number of carbonyl (C=O) groups is 2. The zero-order chi connectivity index (χ0) is 17.1. The Balaban J connectivity index is 2.16. The van der Waals surface area contributed by atoms with Crippen LogP contribution in [0, 0.1) is 17.8 Å². The summed E-state index contributed by atoms with van der Waals surface area (Å²) in [6.45, 7) is 4.99. The molecule has 2 atom stereocenters. The summed E-state index contributed by atoms with van der Waals surface area (Å²) in [6, 6.07) is 0. The Morgan fingerprint density at radius 3 is 2.09 bits per heavy atom. The Morgan fingerprint density at radius 2 is 1.48 bits per heavy atom. The Morgan fingerprint density at radius 1 is 0.913 bits per heavy atom. The van der Waals surface area contributed by atoms with Crippen LogP contribution < -0.4 is 0 Å². The van der Waals surface area contributed by atoms with E-state index in [0.29, 0.717) is 6.61 Å². The van der Waals surface area contributed by atoms with Crippen molar-refractivity contribution in [1.29, 1.82) is 0 Å². The Hall–Kier alpha value is -1.06. The van der Waals surface area contributed by atoms with Gasteiger partial charge in [0.1, 0.15) is 0 Å². The molecule has 0 aromatic carbocycles. The van der Waals surface area contributed by atoms with Crippen molar-refractivity contribution in [2.45, 2.75) is 78.1 Å². The van der Waals surface area contributed by atoms with Crippen LogP contribution in [0.3, 0.4) is 0 Å². The number of hydrogen-bond donors (Lipinski definition) is 0. The van der Waals surface area contributed by atoms with Crippen molar-refractivity contribution in [3.8, 4) is 0 Å². The number of carbonyl (C=O) groups excluding carboxylic acids is 2. The monoisotopic (exact) mass is 326 g/mol. The summed E-state index contributed by atoms with van der Waals surface area (Å²) in [5.41, 5.74) is 0. The maximum absolute atomic E-state index is 12.2. The Labute approximate surface area is 141 Å². The quantitative estimate of drug-likeness (QED) is 0.438. The largest absolute Gasteiger partial charge is 0.469 e.